The summed E-state index contributed by atoms with van der Waals surface area (Å²) in [7, 11) is 0. The van der Waals surface area contributed by atoms with E-state index in [9.17, 15) is 24.9 Å². The molecule has 3 fully saturated rings. The summed E-state index contributed by atoms with van der Waals surface area (Å²) in [4.78, 5) is 24.4. The Morgan fingerprint density at radius 1 is 1.32 bits per heavy atom. The summed E-state index contributed by atoms with van der Waals surface area (Å²) in [5, 5.41) is 32.0. The summed E-state index contributed by atoms with van der Waals surface area (Å²) in [6, 6.07) is 0. The largest absolute Gasteiger partial charge is 0.390 e. The van der Waals surface area contributed by atoms with Gasteiger partial charge in [-0.1, -0.05) is 25.5 Å². The number of allylic oxidation sites excluding steroid dienone is 4. The second-order valence-electron chi connectivity index (χ2n) is 9.75. The van der Waals surface area contributed by atoms with Crippen LogP contribution in [0.5, 0.6) is 0 Å². The quantitative estimate of drug-likeness (QED) is 0.667. The number of aliphatic hydroxyl groups excluding tert-OH is 2. The van der Waals surface area contributed by atoms with Crippen LogP contribution in [0.2, 0.25) is 0 Å². The van der Waals surface area contributed by atoms with Crippen LogP contribution in [0.4, 0.5) is 4.39 Å². The van der Waals surface area contributed by atoms with Crippen LogP contribution in [0.1, 0.15) is 46.5 Å². The van der Waals surface area contributed by atoms with Gasteiger partial charge < -0.3 is 15.3 Å². The molecule has 28 heavy (non-hydrogen) atoms. The molecule has 0 aromatic rings. The zero-order valence-electron chi connectivity index (χ0n) is 16.6. The van der Waals surface area contributed by atoms with Gasteiger partial charge in [0.05, 0.1) is 6.10 Å². The zero-order chi connectivity index (χ0) is 20.7. The molecule has 4 aliphatic rings. The van der Waals surface area contributed by atoms with Crippen molar-refractivity contribution in [2.75, 3.05) is 6.61 Å². The van der Waals surface area contributed by atoms with Gasteiger partial charge in [0.25, 0.3) is 0 Å². The Balaban J connectivity index is 1.84. The second-order valence-corrected chi connectivity index (χ2v) is 9.75. The normalized spacial score (nSPS) is 52.5. The summed E-state index contributed by atoms with van der Waals surface area (Å²) >= 11 is 0. The molecule has 6 heteroatoms. The maximum atomic E-state index is 16.9. The number of Topliss-reactive ketones (excluding diaryl/α,β-unsaturated/α-hetero) is 1. The second kappa shape index (κ2) is 5.83. The molecule has 0 bridgehead atoms. The van der Waals surface area contributed by atoms with Crippen LogP contribution in [0.3, 0.4) is 0 Å². The van der Waals surface area contributed by atoms with E-state index in [1.165, 1.54) is 12.2 Å². The van der Waals surface area contributed by atoms with E-state index in [0.717, 1.165) is 0 Å². The van der Waals surface area contributed by atoms with Crippen LogP contribution >= 0.6 is 0 Å². The molecule has 0 saturated heterocycles. The predicted molar refractivity (Wildman–Crippen MR) is 99.9 cm³/mol. The molecule has 0 radical (unpaired) electrons. The first kappa shape index (κ1) is 19.9. The highest BCUT2D eigenvalue weighted by Gasteiger charge is 2.75. The number of hydrogen-bond donors (Lipinski definition) is 3. The number of carbonyl (C=O) groups excluding carboxylic acids is 2. The third kappa shape index (κ3) is 2.01. The van der Waals surface area contributed by atoms with Gasteiger partial charge in [0.2, 0.25) is 0 Å². The lowest BCUT2D eigenvalue weighted by molar-refractivity contribution is -0.219. The Hall–Kier alpha value is -1.37. The maximum absolute atomic E-state index is 16.9. The number of alkyl halides is 1. The molecule has 0 heterocycles. The molecule has 5 nitrogen and oxygen atoms in total. The minimum Gasteiger partial charge on any atom is -0.390 e. The van der Waals surface area contributed by atoms with Gasteiger partial charge in [-0.05, 0) is 56.6 Å². The van der Waals surface area contributed by atoms with Crippen molar-refractivity contribution in [2.45, 2.75) is 63.8 Å². The molecule has 0 aromatic carbocycles. The van der Waals surface area contributed by atoms with Crippen LogP contribution in [-0.4, -0.2) is 50.9 Å². The van der Waals surface area contributed by atoms with E-state index in [2.05, 4.69) is 0 Å². The number of hydrogen-bond acceptors (Lipinski definition) is 5. The van der Waals surface area contributed by atoms with Crippen molar-refractivity contribution < 1.29 is 29.3 Å². The van der Waals surface area contributed by atoms with Crippen molar-refractivity contribution in [2.24, 2.45) is 28.6 Å². The van der Waals surface area contributed by atoms with Gasteiger partial charge in [0.1, 0.15) is 12.2 Å². The Kier molecular flexibility index (Phi) is 4.15. The number of fused-ring (bicyclic) bond motifs is 5. The lowest BCUT2D eigenvalue weighted by Crippen LogP contribution is -2.69. The van der Waals surface area contributed by atoms with E-state index in [0.29, 0.717) is 24.8 Å². The van der Waals surface area contributed by atoms with E-state index in [-0.39, 0.29) is 18.1 Å². The van der Waals surface area contributed by atoms with Crippen molar-refractivity contribution in [3.8, 4) is 0 Å². The van der Waals surface area contributed by atoms with Crippen LogP contribution in [0, 0.1) is 28.6 Å². The van der Waals surface area contributed by atoms with E-state index in [1.54, 1.807) is 26.8 Å². The highest BCUT2D eigenvalue weighted by molar-refractivity contribution is 6.01. The molecule has 8 atom stereocenters. The molecule has 3 saturated carbocycles. The Morgan fingerprint density at radius 3 is 2.64 bits per heavy atom. The monoisotopic (exact) mass is 392 g/mol. The van der Waals surface area contributed by atoms with Gasteiger partial charge in [0, 0.05) is 16.7 Å². The highest BCUT2D eigenvalue weighted by Crippen LogP contribution is 2.70. The number of carbonyl (C=O) groups is 2. The number of aliphatic hydroxyl groups is 3. The lowest BCUT2D eigenvalue weighted by atomic mass is 9.44. The van der Waals surface area contributed by atoms with E-state index in [4.69, 9.17) is 0 Å². The van der Waals surface area contributed by atoms with Crippen LogP contribution in [-0.2, 0) is 9.59 Å². The zero-order valence-corrected chi connectivity index (χ0v) is 16.6. The molecule has 0 aliphatic heterocycles. The Bertz CT molecular complexity index is 805. The lowest BCUT2D eigenvalue weighted by Gasteiger charge is -2.62. The summed E-state index contributed by atoms with van der Waals surface area (Å²) in [5.74, 6) is -2.12. The first-order valence-electron chi connectivity index (χ1n) is 10.1. The third-order valence-electron chi connectivity index (χ3n) is 8.79. The molecule has 0 spiro atoms. The van der Waals surface area contributed by atoms with Crippen molar-refractivity contribution >= 4 is 11.6 Å². The van der Waals surface area contributed by atoms with Gasteiger partial charge in [-0.3, -0.25) is 9.59 Å². The van der Waals surface area contributed by atoms with E-state index >= 15 is 4.39 Å². The minimum absolute atomic E-state index is 0.0676. The van der Waals surface area contributed by atoms with Gasteiger partial charge >= 0.3 is 0 Å². The topological polar surface area (TPSA) is 94.8 Å². The SMILES string of the molecule is C[C@@H]1CC2C3CCC4=CC(=O)C=CC4(C)[C@@]3(F)C(O)CC2(C)[C@@]1(O)C(=O)CO. The van der Waals surface area contributed by atoms with E-state index < -0.39 is 52.4 Å². The van der Waals surface area contributed by atoms with Crippen molar-refractivity contribution in [3.05, 3.63) is 23.8 Å². The average molecular weight is 392 g/mol. The molecule has 5 unspecified atom stereocenters. The van der Waals surface area contributed by atoms with Crippen molar-refractivity contribution in [1.29, 1.82) is 0 Å². The average Bonchev–Trinajstić information content (AvgIpc) is 2.84. The number of ketones is 2. The fourth-order valence-corrected chi connectivity index (χ4v) is 7.26. The molecule has 4 rings (SSSR count). The Labute approximate surface area is 164 Å². The predicted octanol–water partition coefficient (Wildman–Crippen LogP) is 1.90. The first-order chi connectivity index (χ1) is 13.0. The number of rotatable bonds is 2. The van der Waals surface area contributed by atoms with Crippen LogP contribution < -0.4 is 0 Å². The van der Waals surface area contributed by atoms with Gasteiger partial charge in [0.15, 0.2) is 17.2 Å². The number of halogens is 1. The maximum Gasteiger partial charge on any atom is 0.190 e. The van der Waals surface area contributed by atoms with Crippen LogP contribution in [0.25, 0.3) is 0 Å². The van der Waals surface area contributed by atoms with Gasteiger partial charge in [-0.25, -0.2) is 4.39 Å². The summed E-state index contributed by atoms with van der Waals surface area (Å²) in [5.41, 5.74) is -5.17. The van der Waals surface area contributed by atoms with Crippen molar-refractivity contribution in [3.63, 3.8) is 0 Å². The molecule has 0 amide bonds. The molecule has 154 valence electrons. The Morgan fingerprint density at radius 2 is 2.00 bits per heavy atom. The smallest absolute Gasteiger partial charge is 0.190 e. The molecule has 3 N–H and O–H groups in total. The summed E-state index contributed by atoms with van der Waals surface area (Å²) in [6.45, 7) is 4.48. The van der Waals surface area contributed by atoms with Gasteiger partial charge in [-0.15, -0.1) is 0 Å². The fraction of sp³-hybridized carbons (Fsp3) is 0.727. The van der Waals surface area contributed by atoms with E-state index in [1.807, 2.05) is 0 Å². The first-order valence-corrected chi connectivity index (χ1v) is 10.1. The fourth-order valence-electron chi connectivity index (χ4n) is 7.26. The van der Waals surface area contributed by atoms with Crippen LogP contribution in [0.15, 0.2) is 23.8 Å². The molecular formula is C22H29FO5. The summed E-state index contributed by atoms with van der Waals surface area (Å²) in [6.07, 6.45) is 4.44. The third-order valence-corrected chi connectivity index (χ3v) is 8.79. The molecular weight excluding hydrogens is 363 g/mol. The minimum atomic E-state index is -1.98. The van der Waals surface area contributed by atoms with Crippen molar-refractivity contribution in [1.82, 2.24) is 0 Å². The summed E-state index contributed by atoms with van der Waals surface area (Å²) < 4.78 is 16.9. The standard InChI is InChI=1S/C22H29FO5/c1-12-8-16-15-5-4-13-9-14(25)6-7-19(13,2)21(15,23)17(26)10-20(16,3)22(12,28)18(27)11-24/h6-7,9,12,15-17,24,26,28H,4-5,8,10-11H2,1-3H3/t12-,15?,16?,17?,19?,20?,21+,22+/m1/s1. The molecule has 4 aliphatic carbocycles. The van der Waals surface area contributed by atoms with Gasteiger partial charge in [-0.2, -0.15) is 0 Å². The highest BCUT2D eigenvalue weighted by atomic mass is 19.1. The molecule has 0 aromatic heterocycles.